The molecule has 1 amide bonds. The van der Waals surface area contributed by atoms with Gasteiger partial charge in [-0.25, -0.2) is 0 Å². The highest BCUT2D eigenvalue weighted by atomic mass is 35.5. The third kappa shape index (κ3) is 4.20. The molecule has 21 heavy (non-hydrogen) atoms. The zero-order valence-electron chi connectivity index (χ0n) is 12.0. The van der Waals surface area contributed by atoms with Gasteiger partial charge in [-0.2, -0.15) is 0 Å². The minimum atomic E-state index is -0.0787. The number of carbonyl (C=O) groups excluding carboxylic acids is 1. The summed E-state index contributed by atoms with van der Waals surface area (Å²) in [6.45, 7) is 2.38. The van der Waals surface area contributed by atoms with Gasteiger partial charge in [0.2, 0.25) is 5.91 Å². The van der Waals surface area contributed by atoms with Gasteiger partial charge in [-0.15, -0.1) is 0 Å². The Morgan fingerprint density at radius 2 is 2.05 bits per heavy atom. The number of ether oxygens (including phenoxy) is 1. The summed E-state index contributed by atoms with van der Waals surface area (Å²) in [6.07, 6.45) is 3.63. The Hall–Kier alpha value is -2.07. The van der Waals surface area contributed by atoms with E-state index in [0.717, 1.165) is 16.7 Å². The van der Waals surface area contributed by atoms with E-state index in [2.05, 4.69) is 10.3 Å². The van der Waals surface area contributed by atoms with Gasteiger partial charge >= 0.3 is 0 Å². The van der Waals surface area contributed by atoms with E-state index in [1.807, 2.05) is 25.1 Å². The number of aromatic nitrogens is 1. The molecule has 0 bridgehead atoms. The first kappa shape index (κ1) is 15.3. The first-order valence-corrected chi connectivity index (χ1v) is 6.96. The fraction of sp³-hybridized carbons (Fsp3) is 0.250. The van der Waals surface area contributed by atoms with E-state index < -0.39 is 0 Å². The van der Waals surface area contributed by atoms with Gasteiger partial charge in [0.05, 0.1) is 13.5 Å². The molecule has 0 saturated carbocycles. The number of hydrogen-bond acceptors (Lipinski definition) is 3. The minimum Gasteiger partial charge on any atom is -0.496 e. The number of nitrogens with one attached hydrogen (secondary N) is 1. The van der Waals surface area contributed by atoms with Gasteiger partial charge in [-0.1, -0.05) is 11.6 Å². The van der Waals surface area contributed by atoms with Crippen molar-refractivity contribution in [1.29, 1.82) is 0 Å². The fourth-order valence-corrected chi connectivity index (χ4v) is 2.15. The molecule has 0 atom stereocenters. The van der Waals surface area contributed by atoms with Crippen molar-refractivity contribution in [2.45, 2.75) is 19.9 Å². The van der Waals surface area contributed by atoms with Crippen LogP contribution in [0.25, 0.3) is 0 Å². The molecule has 0 radical (unpaired) electrons. The number of aryl methyl sites for hydroxylation is 1. The van der Waals surface area contributed by atoms with E-state index in [4.69, 9.17) is 16.3 Å². The third-order valence-corrected chi connectivity index (χ3v) is 3.56. The van der Waals surface area contributed by atoms with Crippen molar-refractivity contribution in [3.8, 4) is 5.75 Å². The normalized spacial score (nSPS) is 10.2. The van der Waals surface area contributed by atoms with E-state index >= 15 is 0 Å². The Balaban J connectivity index is 2.01. The third-order valence-electron chi connectivity index (χ3n) is 3.15. The Morgan fingerprint density at radius 3 is 2.71 bits per heavy atom. The predicted octanol–water partition coefficient (Wildman–Crippen LogP) is 2.91. The molecule has 0 aliphatic rings. The van der Waals surface area contributed by atoms with Crippen LogP contribution in [0, 0.1) is 6.92 Å². The van der Waals surface area contributed by atoms with Crippen LogP contribution in [0.3, 0.4) is 0 Å². The van der Waals surface area contributed by atoms with E-state index in [-0.39, 0.29) is 12.3 Å². The van der Waals surface area contributed by atoms with Crippen molar-refractivity contribution < 1.29 is 9.53 Å². The lowest BCUT2D eigenvalue weighted by molar-refractivity contribution is -0.120. The number of methoxy groups -OCH3 is 1. The zero-order chi connectivity index (χ0) is 15.2. The van der Waals surface area contributed by atoms with Crippen LogP contribution in [0.1, 0.15) is 16.7 Å². The maximum Gasteiger partial charge on any atom is 0.224 e. The van der Waals surface area contributed by atoms with E-state index in [9.17, 15) is 4.79 Å². The largest absolute Gasteiger partial charge is 0.496 e. The van der Waals surface area contributed by atoms with Crippen LogP contribution in [-0.4, -0.2) is 18.0 Å². The van der Waals surface area contributed by atoms with E-state index in [0.29, 0.717) is 17.3 Å². The second-order valence-electron chi connectivity index (χ2n) is 4.72. The quantitative estimate of drug-likeness (QED) is 0.924. The Labute approximate surface area is 129 Å². The lowest BCUT2D eigenvalue weighted by atomic mass is 10.1. The summed E-state index contributed by atoms with van der Waals surface area (Å²) < 4.78 is 5.30. The molecule has 0 spiro atoms. The van der Waals surface area contributed by atoms with Crippen LogP contribution in [0.5, 0.6) is 5.75 Å². The summed E-state index contributed by atoms with van der Waals surface area (Å²) >= 11 is 6.10. The van der Waals surface area contributed by atoms with Gasteiger partial charge in [-0.3, -0.25) is 9.78 Å². The van der Waals surface area contributed by atoms with E-state index in [1.54, 1.807) is 25.6 Å². The highest BCUT2D eigenvalue weighted by Crippen LogP contribution is 2.26. The summed E-state index contributed by atoms with van der Waals surface area (Å²) in [7, 11) is 1.58. The van der Waals surface area contributed by atoms with Crippen LogP contribution >= 0.6 is 11.6 Å². The lowest BCUT2D eigenvalue weighted by Crippen LogP contribution is -2.24. The van der Waals surface area contributed by atoms with Crippen molar-refractivity contribution in [2.24, 2.45) is 0 Å². The van der Waals surface area contributed by atoms with Crippen LogP contribution in [0.4, 0.5) is 0 Å². The highest BCUT2D eigenvalue weighted by molar-refractivity contribution is 6.31. The molecular formula is C16H17ClN2O2. The van der Waals surface area contributed by atoms with Gasteiger partial charge in [0.15, 0.2) is 0 Å². The first-order chi connectivity index (χ1) is 10.1. The molecule has 1 N–H and O–H groups in total. The van der Waals surface area contributed by atoms with Crippen molar-refractivity contribution in [2.75, 3.05) is 7.11 Å². The predicted molar refractivity (Wildman–Crippen MR) is 82.5 cm³/mol. The molecule has 2 aromatic rings. The number of nitrogens with zero attached hydrogens (tertiary/aromatic N) is 1. The molecule has 1 aromatic carbocycles. The van der Waals surface area contributed by atoms with Crippen LogP contribution in [0.15, 0.2) is 36.7 Å². The highest BCUT2D eigenvalue weighted by Gasteiger charge is 2.11. The van der Waals surface area contributed by atoms with Gasteiger partial charge in [0.25, 0.3) is 0 Å². The number of pyridine rings is 1. The standard InChI is InChI=1S/C16H17ClN2O2/c1-11-7-15(21-2)13(8-14(11)17)9-16(20)19-10-12-3-5-18-6-4-12/h3-8H,9-10H2,1-2H3,(H,19,20). The molecule has 0 unspecified atom stereocenters. The fourth-order valence-electron chi connectivity index (χ4n) is 1.96. The molecule has 1 heterocycles. The molecule has 4 nitrogen and oxygen atoms in total. The van der Waals surface area contributed by atoms with Gasteiger partial charge in [0, 0.05) is 29.5 Å². The summed E-state index contributed by atoms with van der Waals surface area (Å²) in [5.41, 5.74) is 2.71. The second-order valence-corrected chi connectivity index (χ2v) is 5.13. The number of hydrogen-bond donors (Lipinski definition) is 1. The van der Waals surface area contributed by atoms with E-state index in [1.165, 1.54) is 0 Å². The molecule has 0 aliphatic heterocycles. The summed E-state index contributed by atoms with van der Waals surface area (Å²) in [4.78, 5) is 16.0. The lowest BCUT2D eigenvalue weighted by Gasteiger charge is -2.11. The maximum absolute atomic E-state index is 12.0. The van der Waals surface area contributed by atoms with Gasteiger partial charge in [0.1, 0.15) is 5.75 Å². The van der Waals surface area contributed by atoms with Crippen LogP contribution in [-0.2, 0) is 17.8 Å². The molecular weight excluding hydrogens is 288 g/mol. The molecule has 0 fully saturated rings. The van der Waals surface area contributed by atoms with Crippen molar-refractivity contribution in [1.82, 2.24) is 10.3 Å². The Bertz CT molecular complexity index is 630. The number of carbonyl (C=O) groups is 1. The molecule has 5 heteroatoms. The Morgan fingerprint density at radius 1 is 1.33 bits per heavy atom. The topological polar surface area (TPSA) is 51.2 Å². The minimum absolute atomic E-state index is 0.0787. The van der Waals surface area contributed by atoms with Gasteiger partial charge in [-0.05, 0) is 42.3 Å². The van der Waals surface area contributed by atoms with Crippen molar-refractivity contribution in [3.05, 3.63) is 58.4 Å². The smallest absolute Gasteiger partial charge is 0.224 e. The second kappa shape index (κ2) is 7.09. The van der Waals surface area contributed by atoms with Crippen LogP contribution in [0.2, 0.25) is 5.02 Å². The summed E-state index contributed by atoms with van der Waals surface area (Å²) in [6, 6.07) is 7.35. The van der Waals surface area contributed by atoms with Crippen molar-refractivity contribution in [3.63, 3.8) is 0 Å². The number of rotatable bonds is 5. The number of benzene rings is 1. The monoisotopic (exact) mass is 304 g/mol. The maximum atomic E-state index is 12.0. The molecule has 110 valence electrons. The summed E-state index contributed by atoms with van der Waals surface area (Å²) in [5.74, 6) is 0.598. The SMILES string of the molecule is COc1cc(C)c(Cl)cc1CC(=O)NCc1ccncc1. The zero-order valence-corrected chi connectivity index (χ0v) is 12.8. The average Bonchev–Trinajstić information content (AvgIpc) is 2.49. The van der Waals surface area contributed by atoms with Gasteiger partial charge < -0.3 is 10.1 Å². The number of halogens is 1. The Kier molecular flexibility index (Phi) is 5.17. The molecule has 0 saturated heterocycles. The molecule has 0 aliphatic carbocycles. The number of amides is 1. The first-order valence-electron chi connectivity index (χ1n) is 6.58. The molecule has 2 rings (SSSR count). The van der Waals surface area contributed by atoms with Crippen molar-refractivity contribution >= 4 is 17.5 Å². The molecule has 1 aromatic heterocycles. The van der Waals surface area contributed by atoms with Crippen LogP contribution < -0.4 is 10.1 Å². The average molecular weight is 305 g/mol. The summed E-state index contributed by atoms with van der Waals surface area (Å²) in [5, 5.41) is 3.50.